The van der Waals surface area contributed by atoms with Crippen molar-refractivity contribution in [1.29, 1.82) is 0 Å². The van der Waals surface area contributed by atoms with Crippen LogP contribution in [0.15, 0.2) is 4.42 Å². The van der Waals surface area contributed by atoms with Gasteiger partial charge in [0.2, 0.25) is 17.7 Å². The summed E-state index contributed by atoms with van der Waals surface area (Å²) in [7, 11) is 3.77. The first-order valence-corrected chi connectivity index (χ1v) is 3.82. The third-order valence-corrected chi connectivity index (χ3v) is 1.29. The molecule has 0 unspecified atom stereocenters. The van der Waals surface area contributed by atoms with Gasteiger partial charge in [0.05, 0.1) is 6.54 Å². The molecule has 72 valence electrons. The largest absolute Gasteiger partial charge is 0.423 e. The zero-order valence-corrected chi connectivity index (χ0v) is 7.65. The number of carbonyl (C=O) groups is 1. The van der Waals surface area contributed by atoms with Crippen LogP contribution in [0.5, 0.6) is 0 Å². The first-order valence-electron chi connectivity index (χ1n) is 3.82. The van der Waals surface area contributed by atoms with E-state index in [1.165, 1.54) is 0 Å². The Labute approximate surface area is 75.7 Å². The number of hydrogen-bond donors (Lipinski definition) is 1. The lowest BCUT2D eigenvalue weighted by Gasteiger charge is -2.03. The van der Waals surface area contributed by atoms with Gasteiger partial charge in [0.1, 0.15) is 6.42 Å². The molecule has 6 heteroatoms. The Bertz CT molecular complexity index is 294. The quantitative estimate of drug-likeness (QED) is 0.659. The summed E-state index contributed by atoms with van der Waals surface area (Å²) < 4.78 is 5.14. The van der Waals surface area contributed by atoms with E-state index in [2.05, 4.69) is 10.2 Å². The first-order chi connectivity index (χ1) is 6.08. The van der Waals surface area contributed by atoms with E-state index in [9.17, 15) is 4.79 Å². The maximum atomic E-state index is 10.5. The molecule has 0 aliphatic heterocycles. The smallest absolute Gasteiger partial charge is 0.230 e. The molecule has 1 heterocycles. The van der Waals surface area contributed by atoms with Crippen molar-refractivity contribution < 1.29 is 9.21 Å². The summed E-state index contributed by atoms with van der Waals surface area (Å²) in [5.41, 5.74) is 4.96. The molecule has 0 saturated carbocycles. The fraction of sp³-hybridized carbons (Fsp3) is 0.571. The van der Waals surface area contributed by atoms with Gasteiger partial charge in [-0.15, -0.1) is 10.2 Å². The van der Waals surface area contributed by atoms with Crippen LogP contribution in [-0.4, -0.2) is 35.1 Å². The van der Waals surface area contributed by atoms with Gasteiger partial charge in [0, 0.05) is 0 Å². The molecule has 0 aliphatic rings. The van der Waals surface area contributed by atoms with Crippen LogP contribution in [0.4, 0.5) is 0 Å². The first kappa shape index (κ1) is 9.66. The Morgan fingerprint density at radius 3 is 2.62 bits per heavy atom. The van der Waals surface area contributed by atoms with Gasteiger partial charge in [-0.2, -0.15) is 0 Å². The number of hydrogen-bond acceptors (Lipinski definition) is 5. The molecule has 0 spiro atoms. The van der Waals surface area contributed by atoms with E-state index in [0.29, 0.717) is 12.4 Å². The van der Waals surface area contributed by atoms with Crippen molar-refractivity contribution in [3.63, 3.8) is 0 Å². The van der Waals surface area contributed by atoms with Crippen LogP contribution in [0.2, 0.25) is 0 Å². The predicted molar refractivity (Wildman–Crippen MR) is 44.6 cm³/mol. The standard InChI is InChI=1S/C7H12N4O2/c1-11(2)4-7-10-9-6(13-7)3-5(8)12/h3-4H2,1-2H3,(H2,8,12). The molecule has 13 heavy (non-hydrogen) atoms. The van der Waals surface area contributed by atoms with Crippen LogP contribution in [0, 0.1) is 0 Å². The summed E-state index contributed by atoms with van der Waals surface area (Å²) in [6.07, 6.45) is 0.000425. The minimum Gasteiger partial charge on any atom is -0.423 e. The Balaban J connectivity index is 2.58. The molecule has 2 N–H and O–H groups in total. The second-order valence-electron chi connectivity index (χ2n) is 2.97. The highest BCUT2D eigenvalue weighted by Gasteiger charge is 2.08. The third-order valence-electron chi connectivity index (χ3n) is 1.29. The molecule has 0 aromatic carbocycles. The van der Waals surface area contributed by atoms with Gasteiger partial charge in [-0.05, 0) is 14.1 Å². The van der Waals surface area contributed by atoms with Crippen LogP contribution in [0.25, 0.3) is 0 Å². The minimum atomic E-state index is -0.472. The molecule has 0 radical (unpaired) electrons. The molecule has 1 rings (SSSR count). The van der Waals surface area contributed by atoms with Gasteiger partial charge in [-0.25, -0.2) is 0 Å². The molecule has 1 aromatic rings. The van der Waals surface area contributed by atoms with Crippen molar-refractivity contribution in [2.45, 2.75) is 13.0 Å². The van der Waals surface area contributed by atoms with Crippen LogP contribution in [0.3, 0.4) is 0 Å². The number of nitrogens with zero attached hydrogens (tertiary/aromatic N) is 3. The summed E-state index contributed by atoms with van der Waals surface area (Å²) >= 11 is 0. The van der Waals surface area contributed by atoms with Crippen molar-refractivity contribution in [3.8, 4) is 0 Å². The number of nitrogens with two attached hydrogens (primary N) is 1. The van der Waals surface area contributed by atoms with E-state index >= 15 is 0 Å². The number of aromatic nitrogens is 2. The van der Waals surface area contributed by atoms with Gasteiger partial charge in [0.25, 0.3) is 0 Å². The fourth-order valence-corrected chi connectivity index (χ4v) is 0.843. The lowest BCUT2D eigenvalue weighted by atomic mass is 10.4. The molecule has 1 amide bonds. The SMILES string of the molecule is CN(C)Cc1nnc(CC(N)=O)o1. The average molecular weight is 184 g/mol. The highest BCUT2D eigenvalue weighted by atomic mass is 16.4. The van der Waals surface area contributed by atoms with Crippen LogP contribution < -0.4 is 5.73 Å². The monoisotopic (exact) mass is 184 g/mol. The van der Waals surface area contributed by atoms with Crippen molar-refractivity contribution in [2.75, 3.05) is 14.1 Å². The molecule has 0 fully saturated rings. The van der Waals surface area contributed by atoms with E-state index in [-0.39, 0.29) is 12.3 Å². The van der Waals surface area contributed by atoms with E-state index in [1.54, 1.807) is 0 Å². The maximum Gasteiger partial charge on any atom is 0.230 e. The zero-order chi connectivity index (χ0) is 9.84. The van der Waals surface area contributed by atoms with Gasteiger partial charge in [0.15, 0.2) is 0 Å². The number of rotatable bonds is 4. The number of primary amides is 1. The zero-order valence-electron chi connectivity index (χ0n) is 7.65. The maximum absolute atomic E-state index is 10.5. The van der Waals surface area contributed by atoms with E-state index in [0.717, 1.165) is 0 Å². The normalized spacial score (nSPS) is 10.7. The number of amides is 1. The Morgan fingerprint density at radius 1 is 1.46 bits per heavy atom. The average Bonchev–Trinajstić information content (AvgIpc) is 2.33. The minimum absolute atomic E-state index is 0.000425. The van der Waals surface area contributed by atoms with Crippen molar-refractivity contribution in [3.05, 3.63) is 11.8 Å². The predicted octanol–water partition coefficient (Wildman–Crippen LogP) is -0.841. The van der Waals surface area contributed by atoms with Gasteiger partial charge >= 0.3 is 0 Å². The Morgan fingerprint density at radius 2 is 2.08 bits per heavy atom. The summed E-state index contributed by atoms with van der Waals surface area (Å²) in [6, 6.07) is 0. The lowest BCUT2D eigenvalue weighted by Crippen LogP contribution is -2.13. The van der Waals surface area contributed by atoms with Gasteiger partial charge < -0.3 is 15.1 Å². The summed E-state index contributed by atoms with van der Waals surface area (Å²) in [5.74, 6) is 0.283. The summed E-state index contributed by atoms with van der Waals surface area (Å²) in [6.45, 7) is 0.561. The van der Waals surface area contributed by atoms with Crippen LogP contribution >= 0.6 is 0 Å². The van der Waals surface area contributed by atoms with Crippen molar-refractivity contribution in [2.24, 2.45) is 5.73 Å². The van der Waals surface area contributed by atoms with Crippen molar-refractivity contribution in [1.82, 2.24) is 15.1 Å². The summed E-state index contributed by atoms with van der Waals surface area (Å²) in [5, 5.41) is 7.41. The number of carbonyl (C=O) groups excluding carboxylic acids is 1. The third kappa shape index (κ3) is 3.20. The van der Waals surface area contributed by atoms with Crippen LogP contribution in [0.1, 0.15) is 11.8 Å². The van der Waals surface area contributed by atoms with E-state index in [1.807, 2.05) is 19.0 Å². The highest BCUT2D eigenvalue weighted by molar-refractivity contribution is 5.75. The summed E-state index contributed by atoms with van der Waals surface area (Å²) in [4.78, 5) is 12.4. The van der Waals surface area contributed by atoms with Gasteiger partial charge in [-0.1, -0.05) is 0 Å². The Kier molecular flexibility index (Phi) is 2.97. The molecule has 0 aliphatic carbocycles. The van der Waals surface area contributed by atoms with E-state index in [4.69, 9.17) is 10.2 Å². The van der Waals surface area contributed by atoms with E-state index < -0.39 is 5.91 Å². The fourth-order valence-electron chi connectivity index (χ4n) is 0.843. The van der Waals surface area contributed by atoms with Gasteiger partial charge in [-0.3, -0.25) is 4.79 Å². The lowest BCUT2D eigenvalue weighted by molar-refractivity contribution is -0.117. The second-order valence-corrected chi connectivity index (χ2v) is 2.97. The molecular formula is C7H12N4O2. The topological polar surface area (TPSA) is 85.3 Å². The highest BCUT2D eigenvalue weighted by Crippen LogP contribution is 2.01. The molecular weight excluding hydrogens is 172 g/mol. The van der Waals surface area contributed by atoms with Crippen molar-refractivity contribution >= 4 is 5.91 Å². The Hall–Kier alpha value is -1.43. The second kappa shape index (κ2) is 3.99. The molecule has 0 atom stereocenters. The molecule has 0 bridgehead atoms. The molecule has 6 nitrogen and oxygen atoms in total. The molecule has 1 aromatic heterocycles. The molecule has 0 saturated heterocycles. The van der Waals surface area contributed by atoms with Crippen LogP contribution in [-0.2, 0) is 17.8 Å².